The van der Waals surface area contributed by atoms with Gasteiger partial charge in [-0.2, -0.15) is 0 Å². The van der Waals surface area contributed by atoms with Gasteiger partial charge in [-0.3, -0.25) is 14.6 Å². The third-order valence-corrected chi connectivity index (χ3v) is 3.44. The van der Waals surface area contributed by atoms with Gasteiger partial charge < -0.3 is 5.43 Å². The molecule has 1 saturated heterocycles. The number of pyridine rings is 1. The van der Waals surface area contributed by atoms with Gasteiger partial charge in [-0.05, 0) is 25.0 Å². The average molecular weight is 257 g/mol. The van der Waals surface area contributed by atoms with Crippen LogP contribution >= 0.6 is 0 Å². The number of carbonyl (C=O) groups is 2. The molecule has 0 saturated carbocycles. The van der Waals surface area contributed by atoms with Crippen molar-refractivity contribution in [3.8, 4) is 0 Å². The molecule has 1 aliphatic heterocycles. The highest BCUT2D eigenvalue weighted by Gasteiger charge is 2.27. The minimum absolute atomic E-state index is 0.165. The molecule has 1 fully saturated rings. The van der Waals surface area contributed by atoms with Crippen LogP contribution in [0.25, 0.3) is 0 Å². The van der Waals surface area contributed by atoms with Crippen LogP contribution in [-0.4, -0.2) is 34.6 Å². The molecule has 5 nitrogen and oxygen atoms in total. The van der Waals surface area contributed by atoms with Gasteiger partial charge in [0.1, 0.15) is 11.4 Å². The van der Waals surface area contributed by atoms with Crippen LogP contribution in [0.5, 0.6) is 0 Å². The molecule has 0 aromatic carbocycles. The molecule has 1 aliphatic carbocycles. The van der Waals surface area contributed by atoms with Crippen molar-refractivity contribution in [1.29, 1.82) is 0 Å². The van der Waals surface area contributed by atoms with E-state index in [4.69, 9.17) is 0 Å². The molecule has 19 heavy (non-hydrogen) atoms. The minimum atomic E-state index is -0.208. The normalized spacial score (nSPS) is 19.9. The molecule has 0 spiro atoms. The Bertz CT molecular complexity index is 560. The number of hydrazine groups is 1. The Kier molecular flexibility index (Phi) is 3.13. The van der Waals surface area contributed by atoms with Crippen LogP contribution in [0.1, 0.15) is 40.1 Å². The molecule has 1 aromatic rings. The summed E-state index contributed by atoms with van der Waals surface area (Å²) in [5, 5.41) is 1.99. The van der Waals surface area contributed by atoms with E-state index in [0.29, 0.717) is 11.3 Å². The van der Waals surface area contributed by atoms with E-state index in [9.17, 15) is 9.59 Å². The van der Waals surface area contributed by atoms with Gasteiger partial charge >= 0.3 is 0 Å². The zero-order valence-electron chi connectivity index (χ0n) is 10.6. The monoisotopic (exact) mass is 257 g/mol. The van der Waals surface area contributed by atoms with Crippen molar-refractivity contribution in [2.75, 3.05) is 13.1 Å². The molecule has 0 bridgehead atoms. The number of piperidine rings is 1. The molecule has 2 heterocycles. The number of nitrogens with one attached hydrogen (secondary N) is 1. The number of Topliss-reactive ketones (excluding diaryl/α,β-unsaturated/α-hetero) is 1. The third-order valence-electron chi connectivity index (χ3n) is 3.44. The molecule has 5 heteroatoms. The lowest BCUT2D eigenvalue weighted by Crippen LogP contribution is -2.44. The van der Waals surface area contributed by atoms with Gasteiger partial charge in [0.25, 0.3) is 0 Å². The van der Waals surface area contributed by atoms with Crippen molar-refractivity contribution >= 4 is 11.6 Å². The lowest BCUT2D eigenvalue weighted by atomic mass is 9.98. The largest absolute Gasteiger partial charge is 0.315 e. The van der Waals surface area contributed by atoms with Crippen LogP contribution in [0.4, 0.5) is 0 Å². The van der Waals surface area contributed by atoms with E-state index in [2.05, 4.69) is 10.4 Å². The van der Waals surface area contributed by atoms with Gasteiger partial charge in [0.05, 0.1) is 5.56 Å². The smallest absolute Gasteiger partial charge is 0.229 e. The number of hydrogen-bond donors (Lipinski definition) is 1. The van der Waals surface area contributed by atoms with E-state index in [-0.39, 0.29) is 17.3 Å². The van der Waals surface area contributed by atoms with Gasteiger partial charge in [0, 0.05) is 25.4 Å². The number of carbonyl (C=O) groups excluding carboxylic acids is 2. The molecule has 0 unspecified atom stereocenters. The summed E-state index contributed by atoms with van der Waals surface area (Å²) in [6.07, 6.45) is 6.35. The second-order valence-electron chi connectivity index (χ2n) is 4.81. The summed E-state index contributed by atoms with van der Waals surface area (Å²) in [6, 6.07) is 3.30. The van der Waals surface area contributed by atoms with E-state index >= 15 is 0 Å². The van der Waals surface area contributed by atoms with Crippen molar-refractivity contribution in [3.63, 3.8) is 0 Å². The van der Waals surface area contributed by atoms with Crippen LogP contribution < -0.4 is 5.43 Å². The molecule has 0 radical (unpaired) electrons. The maximum absolute atomic E-state index is 12.3. The predicted octanol–water partition coefficient (Wildman–Crippen LogP) is 1.34. The van der Waals surface area contributed by atoms with Crippen molar-refractivity contribution in [2.24, 2.45) is 0 Å². The maximum atomic E-state index is 12.3. The summed E-state index contributed by atoms with van der Waals surface area (Å²) in [5.41, 5.74) is 4.03. The lowest BCUT2D eigenvalue weighted by molar-refractivity contribution is 0.0939. The molecule has 98 valence electrons. The Labute approximate surface area is 111 Å². The first-order valence-corrected chi connectivity index (χ1v) is 6.53. The van der Waals surface area contributed by atoms with Crippen molar-refractivity contribution in [3.05, 3.63) is 41.4 Å². The molecular formula is C14H15N3O2. The second-order valence-corrected chi connectivity index (χ2v) is 4.81. The van der Waals surface area contributed by atoms with Crippen molar-refractivity contribution < 1.29 is 9.59 Å². The molecule has 1 N–H and O–H groups in total. The third kappa shape index (κ3) is 2.29. The van der Waals surface area contributed by atoms with Crippen molar-refractivity contribution in [2.45, 2.75) is 19.3 Å². The van der Waals surface area contributed by atoms with Gasteiger partial charge in [-0.15, -0.1) is 0 Å². The van der Waals surface area contributed by atoms with Gasteiger partial charge in [0.15, 0.2) is 5.78 Å². The summed E-state index contributed by atoms with van der Waals surface area (Å²) in [5.74, 6) is -0.372. The molecule has 2 aliphatic rings. The maximum Gasteiger partial charge on any atom is 0.229 e. The van der Waals surface area contributed by atoms with Gasteiger partial charge in [0.2, 0.25) is 5.78 Å². The van der Waals surface area contributed by atoms with Crippen LogP contribution in [0, 0.1) is 0 Å². The summed E-state index contributed by atoms with van der Waals surface area (Å²) in [7, 11) is 0. The summed E-state index contributed by atoms with van der Waals surface area (Å²) in [6.45, 7) is 1.79. The highest BCUT2D eigenvalue weighted by atomic mass is 16.1. The van der Waals surface area contributed by atoms with Crippen LogP contribution in [0.2, 0.25) is 0 Å². The Morgan fingerprint density at radius 2 is 1.95 bits per heavy atom. The SMILES string of the molecule is O=C1C=C(NN2CCCCC2)C(=O)c2ncccc21. The number of rotatable bonds is 2. The number of ketones is 2. The lowest BCUT2D eigenvalue weighted by Gasteiger charge is -2.29. The Hall–Kier alpha value is -2.01. The fourth-order valence-corrected chi connectivity index (χ4v) is 2.45. The Morgan fingerprint density at radius 3 is 2.74 bits per heavy atom. The molecule has 3 rings (SSSR count). The zero-order chi connectivity index (χ0) is 13.2. The molecule has 0 amide bonds. The first kappa shape index (κ1) is 12.0. The van der Waals surface area contributed by atoms with Crippen LogP contribution in [0.3, 0.4) is 0 Å². The number of fused-ring (bicyclic) bond motifs is 1. The average Bonchev–Trinajstić information content (AvgIpc) is 2.46. The fraction of sp³-hybridized carbons (Fsp3) is 0.357. The highest BCUT2D eigenvalue weighted by molar-refractivity contribution is 6.23. The van der Waals surface area contributed by atoms with Crippen molar-refractivity contribution in [1.82, 2.24) is 15.4 Å². The standard InChI is InChI=1S/C14H15N3O2/c18-12-9-11(16-17-7-2-1-3-8-17)14(19)13-10(12)5-4-6-15-13/h4-6,9,16H,1-3,7-8H2. The van der Waals surface area contributed by atoms with Gasteiger partial charge in [-0.25, -0.2) is 5.01 Å². The molecule has 1 aromatic heterocycles. The molecular weight excluding hydrogens is 242 g/mol. The van der Waals surface area contributed by atoms with Crippen LogP contribution in [-0.2, 0) is 0 Å². The number of aromatic nitrogens is 1. The second kappa shape index (κ2) is 4.93. The number of allylic oxidation sites excluding steroid dienone is 2. The first-order valence-electron chi connectivity index (χ1n) is 6.53. The number of nitrogens with zero attached hydrogens (tertiary/aromatic N) is 2. The quantitative estimate of drug-likeness (QED) is 0.866. The van der Waals surface area contributed by atoms with Gasteiger partial charge in [-0.1, -0.05) is 6.42 Å². The highest BCUT2D eigenvalue weighted by Crippen LogP contribution is 2.18. The Morgan fingerprint density at radius 1 is 1.16 bits per heavy atom. The van der Waals surface area contributed by atoms with E-state index < -0.39 is 0 Å². The topological polar surface area (TPSA) is 62.3 Å². The molecule has 0 atom stereocenters. The van der Waals surface area contributed by atoms with Crippen LogP contribution in [0.15, 0.2) is 30.1 Å². The number of hydrogen-bond acceptors (Lipinski definition) is 5. The Balaban J connectivity index is 1.84. The summed E-state index contributed by atoms with van der Waals surface area (Å²) < 4.78 is 0. The van der Waals surface area contributed by atoms with E-state index in [1.165, 1.54) is 18.7 Å². The first-order chi connectivity index (χ1) is 9.25. The van der Waals surface area contributed by atoms with E-state index in [1.807, 2.05) is 5.01 Å². The summed E-state index contributed by atoms with van der Waals surface area (Å²) >= 11 is 0. The predicted molar refractivity (Wildman–Crippen MR) is 69.5 cm³/mol. The zero-order valence-corrected chi connectivity index (χ0v) is 10.6. The minimum Gasteiger partial charge on any atom is -0.315 e. The summed E-state index contributed by atoms with van der Waals surface area (Å²) in [4.78, 5) is 28.2. The van der Waals surface area contributed by atoms with E-state index in [1.54, 1.807) is 12.1 Å². The van der Waals surface area contributed by atoms with E-state index in [0.717, 1.165) is 25.9 Å². The fourth-order valence-electron chi connectivity index (χ4n) is 2.45.